The second-order valence-corrected chi connectivity index (χ2v) is 5.96. The van der Waals surface area contributed by atoms with E-state index in [2.05, 4.69) is 20.3 Å². The lowest BCUT2D eigenvalue weighted by atomic mass is 9.86. The van der Waals surface area contributed by atoms with Gasteiger partial charge in [0.15, 0.2) is 5.65 Å². The molecule has 1 atom stereocenters. The number of rotatable bonds is 1. The molecular weight excluding hydrogens is 254 g/mol. The van der Waals surface area contributed by atoms with Crippen LogP contribution in [0.2, 0.25) is 0 Å². The number of carbonyl (C=O) groups is 1. The molecule has 104 valence electrons. The summed E-state index contributed by atoms with van der Waals surface area (Å²) in [6.45, 7) is 2.73. The highest BCUT2D eigenvalue weighted by Gasteiger charge is 2.44. The Kier molecular flexibility index (Phi) is 2.31. The number of nitrogens with one attached hydrogen (secondary N) is 1. The second-order valence-electron chi connectivity index (χ2n) is 5.96. The summed E-state index contributed by atoms with van der Waals surface area (Å²) in [5.74, 6) is 0.188. The van der Waals surface area contributed by atoms with E-state index in [4.69, 9.17) is 0 Å². The molecule has 2 fully saturated rings. The zero-order chi connectivity index (χ0) is 13.7. The molecule has 0 saturated carbocycles. The van der Waals surface area contributed by atoms with Crippen molar-refractivity contribution in [2.45, 2.75) is 12.8 Å². The fourth-order valence-electron chi connectivity index (χ4n) is 3.49. The van der Waals surface area contributed by atoms with Gasteiger partial charge in [0.05, 0.1) is 17.3 Å². The Bertz CT molecular complexity index is 694. The average Bonchev–Trinajstić information content (AvgIpc) is 3.12. The monoisotopic (exact) mass is 271 g/mol. The van der Waals surface area contributed by atoms with Crippen LogP contribution in [0.3, 0.4) is 0 Å². The number of amides is 1. The molecule has 2 saturated heterocycles. The fraction of sp³-hybridized carbons (Fsp3) is 0.500. The lowest BCUT2D eigenvalue weighted by molar-refractivity contribution is -0.119. The van der Waals surface area contributed by atoms with E-state index in [1.165, 1.54) is 5.69 Å². The van der Waals surface area contributed by atoms with Gasteiger partial charge >= 0.3 is 0 Å². The summed E-state index contributed by atoms with van der Waals surface area (Å²) in [7, 11) is 1.91. The van der Waals surface area contributed by atoms with Crippen molar-refractivity contribution in [3.05, 3.63) is 18.5 Å². The molecule has 6 nitrogen and oxygen atoms in total. The standard InChI is InChI=1S/C14H17N5O/c1-18-13-10(7-17-18)11(2-4-15-13)19-5-3-14(9-19)6-12(20)16-8-14/h2,4,7H,3,5-6,8-9H2,1H3,(H,16,20). The van der Waals surface area contributed by atoms with Crippen LogP contribution in [-0.4, -0.2) is 40.3 Å². The van der Waals surface area contributed by atoms with Crippen molar-refractivity contribution in [2.75, 3.05) is 24.5 Å². The summed E-state index contributed by atoms with van der Waals surface area (Å²) in [5, 5.41) is 8.35. The normalized spacial score (nSPS) is 25.9. The number of fused-ring (bicyclic) bond motifs is 1. The van der Waals surface area contributed by atoms with Gasteiger partial charge in [-0.05, 0) is 12.5 Å². The van der Waals surface area contributed by atoms with Gasteiger partial charge in [-0.2, -0.15) is 5.10 Å². The highest BCUT2D eigenvalue weighted by Crippen LogP contribution is 2.40. The van der Waals surface area contributed by atoms with Crippen LogP contribution < -0.4 is 10.2 Å². The van der Waals surface area contributed by atoms with Crippen molar-refractivity contribution >= 4 is 22.6 Å². The Hall–Kier alpha value is -2.11. The topological polar surface area (TPSA) is 63.1 Å². The molecule has 20 heavy (non-hydrogen) atoms. The van der Waals surface area contributed by atoms with Gasteiger partial charge in [0.2, 0.25) is 5.91 Å². The molecule has 6 heteroatoms. The van der Waals surface area contributed by atoms with E-state index in [0.29, 0.717) is 6.42 Å². The van der Waals surface area contributed by atoms with Crippen LogP contribution >= 0.6 is 0 Å². The fourth-order valence-corrected chi connectivity index (χ4v) is 3.49. The van der Waals surface area contributed by atoms with Crippen LogP contribution in [0.4, 0.5) is 5.69 Å². The van der Waals surface area contributed by atoms with Crippen LogP contribution in [0, 0.1) is 5.41 Å². The minimum atomic E-state index is 0.120. The van der Waals surface area contributed by atoms with Gasteiger partial charge in [0.1, 0.15) is 0 Å². The predicted molar refractivity (Wildman–Crippen MR) is 75.4 cm³/mol. The molecule has 1 unspecified atom stereocenters. The maximum atomic E-state index is 11.5. The van der Waals surface area contributed by atoms with E-state index >= 15 is 0 Å². The van der Waals surface area contributed by atoms with Crippen molar-refractivity contribution < 1.29 is 4.79 Å². The molecule has 2 aliphatic heterocycles. The number of aryl methyl sites for hydroxylation is 1. The first-order valence-electron chi connectivity index (χ1n) is 6.95. The maximum Gasteiger partial charge on any atom is 0.220 e. The third-order valence-corrected chi connectivity index (χ3v) is 4.59. The van der Waals surface area contributed by atoms with Crippen LogP contribution in [-0.2, 0) is 11.8 Å². The van der Waals surface area contributed by atoms with E-state index in [0.717, 1.165) is 37.1 Å². The Labute approximate surface area is 116 Å². The molecule has 0 aliphatic carbocycles. The first-order valence-corrected chi connectivity index (χ1v) is 6.95. The summed E-state index contributed by atoms with van der Waals surface area (Å²) in [4.78, 5) is 18.3. The molecule has 1 amide bonds. The van der Waals surface area contributed by atoms with Gasteiger partial charge in [-0.1, -0.05) is 0 Å². The summed E-state index contributed by atoms with van der Waals surface area (Å²) in [6, 6.07) is 2.05. The number of hydrogen-bond donors (Lipinski definition) is 1. The van der Waals surface area contributed by atoms with E-state index in [1.54, 1.807) is 4.68 Å². The van der Waals surface area contributed by atoms with Gasteiger partial charge in [-0.15, -0.1) is 0 Å². The van der Waals surface area contributed by atoms with Crippen molar-refractivity contribution in [3.63, 3.8) is 0 Å². The smallest absolute Gasteiger partial charge is 0.220 e. The first-order chi connectivity index (χ1) is 9.67. The largest absolute Gasteiger partial charge is 0.370 e. The van der Waals surface area contributed by atoms with Crippen molar-refractivity contribution in [3.8, 4) is 0 Å². The highest BCUT2D eigenvalue weighted by molar-refractivity contribution is 5.89. The number of anilines is 1. The van der Waals surface area contributed by atoms with Crippen LogP contribution in [0.1, 0.15) is 12.8 Å². The Morgan fingerprint density at radius 2 is 2.35 bits per heavy atom. The Morgan fingerprint density at radius 1 is 1.45 bits per heavy atom. The Morgan fingerprint density at radius 3 is 3.15 bits per heavy atom. The van der Waals surface area contributed by atoms with Crippen molar-refractivity contribution in [1.82, 2.24) is 20.1 Å². The van der Waals surface area contributed by atoms with Crippen molar-refractivity contribution in [2.24, 2.45) is 12.5 Å². The van der Waals surface area contributed by atoms with Gasteiger partial charge in [-0.25, -0.2) is 4.98 Å². The van der Waals surface area contributed by atoms with Crippen LogP contribution in [0.5, 0.6) is 0 Å². The molecule has 0 radical (unpaired) electrons. The summed E-state index contributed by atoms with van der Waals surface area (Å²) in [6.07, 6.45) is 5.43. The molecule has 4 rings (SSSR count). The van der Waals surface area contributed by atoms with Gasteiger partial charge in [0, 0.05) is 44.7 Å². The summed E-state index contributed by atoms with van der Waals surface area (Å²) >= 11 is 0. The molecule has 4 heterocycles. The van der Waals surface area contributed by atoms with E-state index < -0.39 is 0 Å². The second kappa shape index (κ2) is 3.94. The number of pyridine rings is 1. The molecule has 1 N–H and O–H groups in total. The Balaban J connectivity index is 1.69. The minimum Gasteiger partial charge on any atom is -0.370 e. The van der Waals surface area contributed by atoms with E-state index in [9.17, 15) is 4.79 Å². The van der Waals surface area contributed by atoms with E-state index in [1.807, 2.05) is 25.5 Å². The molecular formula is C14H17N5O. The first kappa shape index (κ1) is 11.7. The third-order valence-electron chi connectivity index (χ3n) is 4.59. The van der Waals surface area contributed by atoms with Gasteiger partial charge in [-0.3, -0.25) is 9.48 Å². The average molecular weight is 271 g/mol. The molecule has 2 aromatic heterocycles. The van der Waals surface area contributed by atoms with E-state index in [-0.39, 0.29) is 11.3 Å². The lowest BCUT2D eigenvalue weighted by Gasteiger charge is -2.23. The predicted octanol–water partition coefficient (Wildman–Crippen LogP) is 0.685. The number of nitrogens with zero attached hydrogens (tertiary/aromatic N) is 4. The number of hydrogen-bond acceptors (Lipinski definition) is 4. The quantitative estimate of drug-likeness (QED) is 0.828. The SMILES string of the molecule is Cn1ncc2c(N3CCC4(CNC(=O)C4)C3)ccnc21. The third kappa shape index (κ3) is 1.60. The summed E-state index contributed by atoms with van der Waals surface area (Å²) < 4.78 is 1.80. The summed E-state index contributed by atoms with van der Waals surface area (Å²) in [5.41, 5.74) is 2.21. The molecule has 0 aromatic carbocycles. The number of carbonyl (C=O) groups excluding carboxylic acids is 1. The van der Waals surface area contributed by atoms with Gasteiger partial charge in [0.25, 0.3) is 0 Å². The van der Waals surface area contributed by atoms with Crippen LogP contribution in [0.15, 0.2) is 18.5 Å². The lowest BCUT2D eigenvalue weighted by Crippen LogP contribution is -2.29. The highest BCUT2D eigenvalue weighted by atomic mass is 16.1. The zero-order valence-electron chi connectivity index (χ0n) is 11.5. The van der Waals surface area contributed by atoms with Crippen molar-refractivity contribution in [1.29, 1.82) is 0 Å². The van der Waals surface area contributed by atoms with Crippen LogP contribution in [0.25, 0.3) is 11.0 Å². The zero-order valence-corrected chi connectivity index (χ0v) is 11.5. The molecule has 2 aromatic rings. The van der Waals surface area contributed by atoms with Gasteiger partial charge < -0.3 is 10.2 Å². The molecule has 2 aliphatic rings. The molecule has 1 spiro atoms. The maximum absolute atomic E-state index is 11.5. The minimum absolute atomic E-state index is 0.120. The molecule has 0 bridgehead atoms. The number of aromatic nitrogens is 3.